The fourth-order valence-corrected chi connectivity index (χ4v) is 1.35. The maximum absolute atomic E-state index is 11.7. The lowest BCUT2D eigenvalue weighted by Crippen LogP contribution is -2.33. The van der Waals surface area contributed by atoms with Crippen LogP contribution in [0.5, 0.6) is 0 Å². The average molecular weight is 370 g/mol. The Hall–Kier alpha value is -2.56. The molecule has 8 heteroatoms. The Kier molecular flexibility index (Phi) is 8.32. The fourth-order valence-electron chi connectivity index (χ4n) is 1.35. The smallest absolute Gasteiger partial charge is 0.385 e. The van der Waals surface area contributed by atoms with Crippen LogP contribution in [-0.4, -0.2) is 47.3 Å². The zero-order chi connectivity index (χ0) is 20.7. The van der Waals surface area contributed by atoms with Crippen LogP contribution in [0.3, 0.4) is 0 Å². The molecule has 0 rings (SSSR count). The summed E-state index contributed by atoms with van der Waals surface area (Å²) in [7, 11) is 0. The van der Waals surface area contributed by atoms with Crippen LogP contribution in [0.4, 0.5) is 0 Å². The maximum Gasteiger partial charge on any atom is 0.385 e. The van der Waals surface area contributed by atoms with Gasteiger partial charge in [-0.3, -0.25) is 0 Å². The number of carbonyl (C=O) groups excluding carboxylic acids is 4. The number of carbonyl (C=O) groups is 4. The van der Waals surface area contributed by atoms with E-state index in [1.807, 2.05) is 11.8 Å². The predicted octanol–water partition coefficient (Wildman–Crippen LogP) is 1.54. The van der Waals surface area contributed by atoms with Crippen molar-refractivity contribution in [1.29, 1.82) is 0 Å². The molecule has 0 aromatic rings. The Morgan fingerprint density at radius 2 is 0.923 bits per heavy atom. The van der Waals surface area contributed by atoms with Crippen LogP contribution >= 0.6 is 0 Å². The van der Waals surface area contributed by atoms with Crippen LogP contribution in [-0.2, 0) is 38.1 Å². The minimum atomic E-state index is -1.19. The number of esters is 4. The summed E-state index contributed by atoms with van der Waals surface area (Å²) in [6.07, 6.45) is -2.37. The van der Waals surface area contributed by atoms with Gasteiger partial charge in [0.25, 0.3) is 0 Å². The molecule has 0 N–H and O–H groups in total. The van der Waals surface area contributed by atoms with E-state index in [1.54, 1.807) is 41.5 Å². The van der Waals surface area contributed by atoms with E-state index in [9.17, 15) is 19.2 Å². The van der Waals surface area contributed by atoms with E-state index in [2.05, 4.69) is 0 Å². The zero-order valence-corrected chi connectivity index (χ0v) is 16.4. The van der Waals surface area contributed by atoms with Crippen molar-refractivity contribution in [1.82, 2.24) is 0 Å². The first-order valence-corrected chi connectivity index (χ1v) is 7.99. The molecule has 0 saturated carbocycles. The maximum atomic E-state index is 11.7. The molecule has 146 valence electrons. The predicted molar refractivity (Wildman–Crippen MR) is 90.6 cm³/mol. The molecule has 0 aliphatic carbocycles. The summed E-state index contributed by atoms with van der Waals surface area (Å²) >= 11 is 0. The second-order valence-corrected chi connectivity index (χ2v) is 7.41. The van der Waals surface area contributed by atoms with Crippen molar-refractivity contribution in [2.75, 3.05) is 0 Å². The highest BCUT2D eigenvalue weighted by Crippen LogP contribution is 2.10. The number of hydrogen-bond acceptors (Lipinski definition) is 8. The molecule has 0 unspecified atom stereocenters. The van der Waals surface area contributed by atoms with E-state index in [4.69, 9.17) is 18.9 Å². The number of rotatable bonds is 4. The second kappa shape index (κ2) is 9.22. The Bertz CT molecular complexity index is 558. The topological polar surface area (TPSA) is 105 Å². The van der Waals surface area contributed by atoms with Gasteiger partial charge in [-0.25, -0.2) is 19.2 Å². The molecule has 0 aliphatic rings. The van der Waals surface area contributed by atoms with Crippen molar-refractivity contribution in [3.8, 4) is 11.8 Å². The summed E-state index contributed by atoms with van der Waals surface area (Å²) in [5.41, 5.74) is -1.46. The van der Waals surface area contributed by atoms with E-state index >= 15 is 0 Å². The van der Waals surface area contributed by atoms with Crippen molar-refractivity contribution >= 4 is 23.9 Å². The second-order valence-electron chi connectivity index (χ2n) is 7.41. The van der Waals surface area contributed by atoms with E-state index in [0.29, 0.717) is 0 Å². The molecule has 0 aromatic heterocycles. The van der Waals surface area contributed by atoms with E-state index in [0.717, 1.165) is 0 Å². The van der Waals surface area contributed by atoms with Crippen LogP contribution in [0.25, 0.3) is 0 Å². The van der Waals surface area contributed by atoms with Gasteiger partial charge in [0.15, 0.2) is 12.2 Å². The highest BCUT2D eigenvalue weighted by molar-refractivity contribution is 5.99. The Balaban J connectivity index is 4.56. The van der Waals surface area contributed by atoms with Crippen molar-refractivity contribution in [3.63, 3.8) is 0 Å². The van der Waals surface area contributed by atoms with Crippen LogP contribution in [0.2, 0.25) is 0 Å². The van der Waals surface area contributed by atoms with E-state index in [-0.39, 0.29) is 0 Å². The standard InChI is InChI=1S/C18H26O8/c1-11(15(21)25-17(3,4)5)23-13(19)9-10-14(20)24-12(2)16(22)26-18(6,7)8/h11-12H,1-8H3/t11-,12-/m1/s1. The molecule has 0 bridgehead atoms. The van der Waals surface area contributed by atoms with Gasteiger partial charge < -0.3 is 18.9 Å². The van der Waals surface area contributed by atoms with Crippen molar-refractivity contribution < 1.29 is 38.1 Å². The number of hydrogen-bond donors (Lipinski definition) is 0. The molecule has 0 radical (unpaired) electrons. The summed E-state index contributed by atoms with van der Waals surface area (Å²) in [5, 5.41) is 0. The van der Waals surface area contributed by atoms with Gasteiger partial charge in [-0.15, -0.1) is 0 Å². The van der Waals surface area contributed by atoms with Crippen LogP contribution in [0, 0.1) is 11.8 Å². The minimum absolute atomic E-state index is 0.731. The third-order valence-corrected chi connectivity index (χ3v) is 2.31. The van der Waals surface area contributed by atoms with Gasteiger partial charge in [0.2, 0.25) is 0 Å². The monoisotopic (exact) mass is 370 g/mol. The minimum Gasteiger partial charge on any atom is -0.457 e. The van der Waals surface area contributed by atoms with Gasteiger partial charge in [-0.2, -0.15) is 0 Å². The fraction of sp³-hybridized carbons (Fsp3) is 0.667. The average Bonchev–Trinajstić information content (AvgIpc) is 2.41. The molecule has 0 aromatic carbocycles. The van der Waals surface area contributed by atoms with Gasteiger partial charge in [-0.1, -0.05) is 0 Å². The zero-order valence-electron chi connectivity index (χ0n) is 16.4. The third kappa shape index (κ3) is 11.1. The summed E-state index contributed by atoms with van der Waals surface area (Å²) < 4.78 is 19.6. The largest absolute Gasteiger partial charge is 0.457 e. The van der Waals surface area contributed by atoms with Crippen LogP contribution in [0.15, 0.2) is 0 Å². The molecule has 0 fully saturated rings. The molecule has 0 saturated heterocycles. The van der Waals surface area contributed by atoms with Crippen molar-refractivity contribution in [3.05, 3.63) is 0 Å². The molecule has 26 heavy (non-hydrogen) atoms. The summed E-state index contributed by atoms with van der Waals surface area (Å²) in [5.74, 6) is 0.0597. The highest BCUT2D eigenvalue weighted by atomic mass is 16.6. The summed E-state index contributed by atoms with van der Waals surface area (Å²) in [4.78, 5) is 46.4. The van der Waals surface area contributed by atoms with Gasteiger partial charge in [0.1, 0.15) is 11.2 Å². The number of ether oxygens (including phenoxy) is 4. The molecule has 0 amide bonds. The molecule has 0 heterocycles. The lowest BCUT2D eigenvalue weighted by Gasteiger charge is -2.21. The highest BCUT2D eigenvalue weighted by Gasteiger charge is 2.25. The SMILES string of the molecule is C[C@@H](OC(=O)C#CC(=O)O[C@H](C)C(=O)OC(C)(C)C)C(=O)OC(C)(C)C. The lowest BCUT2D eigenvalue weighted by molar-refractivity contribution is -0.172. The molecule has 2 atom stereocenters. The molecule has 8 nitrogen and oxygen atoms in total. The van der Waals surface area contributed by atoms with Crippen molar-refractivity contribution in [2.45, 2.75) is 78.8 Å². The summed E-state index contributed by atoms with van der Waals surface area (Å²) in [6.45, 7) is 12.6. The van der Waals surface area contributed by atoms with Gasteiger partial charge >= 0.3 is 23.9 Å². The van der Waals surface area contributed by atoms with E-state index in [1.165, 1.54) is 13.8 Å². The Labute approximate surface area is 153 Å². The summed E-state index contributed by atoms with van der Waals surface area (Å²) in [6, 6.07) is 0. The quantitative estimate of drug-likeness (QED) is 0.318. The Morgan fingerprint density at radius 3 is 1.15 bits per heavy atom. The third-order valence-electron chi connectivity index (χ3n) is 2.31. The normalized spacial score (nSPS) is 13.4. The van der Waals surface area contributed by atoms with E-state index < -0.39 is 47.3 Å². The Morgan fingerprint density at radius 1 is 0.654 bits per heavy atom. The first-order valence-electron chi connectivity index (χ1n) is 7.99. The van der Waals surface area contributed by atoms with Gasteiger partial charge in [0.05, 0.1) is 0 Å². The van der Waals surface area contributed by atoms with Gasteiger partial charge in [-0.05, 0) is 55.4 Å². The molecular weight excluding hydrogens is 344 g/mol. The van der Waals surface area contributed by atoms with Crippen LogP contribution in [0.1, 0.15) is 55.4 Å². The van der Waals surface area contributed by atoms with Gasteiger partial charge in [0, 0.05) is 11.8 Å². The lowest BCUT2D eigenvalue weighted by atomic mass is 10.2. The molecule has 0 aliphatic heterocycles. The first kappa shape index (κ1) is 23.4. The molecule has 0 spiro atoms. The first-order chi connectivity index (χ1) is 11.6. The van der Waals surface area contributed by atoms with Crippen molar-refractivity contribution in [2.24, 2.45) is 0 Å². The molecular formula is C18H26O8. The van der Waals surface area contributed by atoms with Crippen LogP contribution < -0.4 is 0 Å².